The zero-order valence-electron chi connectivity index (χ0n) is 18.2. The number of nitrogens with zero attached hydrogens (tertiary/aromatic N) is 1. The fourth-order valence-electron chi connectivity index (χ4n) is 3.77. The molecule has 0 aliphatic carbocycles. The first kappa shape index (κ1) is 25.2. The molecule has 1 amide bonds. The Morgan fingerprint density at radius 3 is 2.39 bits per heavy atom. The third kappa shape index (κ3) is 8.18. The van der Waals surface area contributed by atoms with Gasteiger partial charge in [-0.15, -0.1) is 11.8 Å². The van der Waals surface area contributed by atoms with Crippen LogP contribution in [0.1, 0.15) is 64.7 Å². The number of carboxylic acids is 2. The number of fused-ring (bicyclic) bond motifs is 1. The van der Waals surface area contributed by atoms with E-state index < -0.39 is 36.5 Å². The number of amides is 1. The summed E-state index contributed by atoms with van der Waals surface area (Å²) in [6.07, 6.45) is 9.44. The molecule has 31 heavy (non-hydrogen) atoms. The summed E-state index contributed by atoms with van der Waals surface area (Å²) in [6.45, 7) is 1.74. The number of unbranched alkanes of at least 4 members (excludes halogenated alkanes) is 7. The predicted octanol–water partition coefficient (Wildman–Crippen LogP) is 4.15. The maximum atomic E-state index is 13.1. The van der Waals surface area contributed by atoms with Crippen molar-refractivity contribution in [3.8, 4) is 0 Å². The Hall–Kier alpha value is -2.06. The molecule has 0 spiro atoms. The molecule has 0 saturated heterocycles. The van der Waals surface area contributed by atoms with E-state index in [0.717, 1.165) is 24.2 Å². The van der Waals surface area contributed by atoms with Crippen molar-refractivity contribution in [3.63, 3.8) is 0 Å². The van der Waals surface area contributed by atoms with Crippen molar-refractivity contribution in [2.45, 2.75) is 81.7 Å². The monoisotopic (exact) mass is 450 g/mol. The van der Waals surface area contributed by atoms with Gasteiger partial charge in [-0.25, -0.2) is 0 Å². The normalized spacial score (nSPS) is 17.1. The van der Waals surface area contributed by atoms with Gasteiger partial charge in [0.2, 0.25) is 5.91 Å². The number of anilines is 1. The van der Waals surface area contributed by atoms with E-state index in [4.69, 9.17) is 0 Å². The number of carbonyl (C=O) groups excluding carboxylic acids is 1. The maximum absolute atomic E-state index is 13.1. The topological polar surface area (TPSA) is 107 Å². The number of para-hydroxylation sites is 1. The van der Waals surface area contributed by atoms with Gasteiger partial charge in [0.25, 0.3) is 0 Å². The number of carbonyl (C=O) groups is 3. The van der Waals surface area contributed by atoms with Crippen LogP contribution >= 0.6 is 11.8 Å². The van der Waals surface area contributed by atoms with Gasteiger partial charge in [0, 0.05) is 10.6 Å². The van der Waals surface area contributed by atoms with Crippen LogP contribution in [0.15, 0.2) is 29.2 Å². The third-order valence-electron chi connectivity index (χ3n) is 5.47. The number of rotatable bonds is 14. The van der Waals surface area contributed by atoms with Crippen LogP contribution in [-0.2, 0) is 14.4 Å². The van der Waals surface area contributed by atoms with Gasteiger partial charge in [-0.05, 0) is 18.6 Å². The molecule has 0 fully saturated rings. The van der Waals surface area contributed by atoms with E-state index in [2.05, 4.69) is 12.2 Å². The van der Waals surface area contributed by atoms with Gasteiger partial charge >= 0.3 is 11.9 Å². The number of carboxylic acid groups (broad SMARTS) is 2. The summed E-state index contributed by atoms with van der Waals surface area (Å²) in [5, 5.41) is 21.9. The highest BCUT2D eigenvalue weighted by atomic mass is 32.2. The van der Waals surface area contributed by atoms with Crippen molar-refractivity contribution < 1.29 is 24.6 Å². The highest BCUT2D eigenvalue weighted by molar-refractivity contribution is 7.99. The minimum atomic E-state index is -1.11. The molecule has 2 unspecified atom stereocenters. The molecule has 3 N–H and O–H groups in total. The van der Waals surface area contributed by atoms with Gasteiger partial charge in [-0.1, -0.05) is 70.4 Å². The third-order valence-corrected chi connectivity index (χ3v) is 6.62. The Bertz CT molecular complexity index is 742. The summed E-state index contributed by atoms with van der Waals surface area (Å²) in [6, 6.07) is 5.58. The van der Waals surface area contributed by atoms with Crippen LogP contribution in [0, 0.1) is 0 Å². The number of nitrogens with one attached hydrogen (secondary N) is 1. The first-order valence-electron chi connectivity index (χ1n) is 11.2. The van der Waals surface area contributed by atoms with E-state index in [-0.39, 0.29) is 0 Å². The number of aliphatic carboxylic acids is 2. The van der Waals surface area contributed by atoms with E-state index >= 15 is 0 Å². The molecule has 1 aromatic carbocycles. The largest absolute Gasteiger partial charge is 0.480 e. The van der Waals surface area contributed by atoms with Crippen molar-refractivity contribution in [1.29, 1.82) is 0 Å². The lowest BCUT2D eigenvalue weighted by Gasteiger charge is -2.26. The summed E-state index contributed by atoms with van der Waals surface area (Å²) in [5.41, 5.74) is 0.555. The van der Waals surface area contributed by atoms with Crippen molar-refractivity contribution in [3.05, 3.63) is 24.3 Å². The summed E-state index contributed by atoms with van der Waals surface area (Å²) in [5.74, 6) is -2.13. The van der Waals surface area contributed by atoms with Gasteiger partial charge in [0.15, 0.2) is 0 Å². The van der Waals surface area contributed by atoms with Crippen LogP contribution < -0.4 is 10.2 Å². The molecule has 172 valence electrons. The average Bonchev–Trinajstić information content (AvgIpc) is 2.86. The second kappa shape index (κ2) is 13.4. The van der Waals surface area contributed by atoms with Crippen LogP contribution in [0.3, 0.4) is 0 Å². The molecule has 2 rings (SSSR count). The van der Waals surface area contributed by atoms with Gasteiger partial charge in [-0.3, -0.25) is 24.6 Å². The van der Waals surface area contributed by atoms with Gasteiger partial charge in [-0.2, -0.15) is 0 Å². The molecule has 1 heterocycles. The number of benzene rings is 1. The Balaban J connectivity index is 1.94. The smallest absolute Gasteiger partial charge is 0.323 e. The summed E-state index contributed by atoms with van der Waals surface area (Å²) in [4.78, 5) is 38.3. The second-order valence-electron chi connectivity index (χ2n) is 7.97. The van der Waals surface area contributed by atoms with Crippen LogP contribution in [0.4, 0.5) is 5.69 Å². The van der Waals surface area contributed by atoms with Crippen molar-refractivity contribution in [2.24, 2.45) is 0 Å². The Morgan fingerprint density at radius 2 is 1.74 bits per heavy atom. The number of hydrogen-bond donors (Lipinski definition) is 3. The molecule has 8 heteroatoms. The van der Waals surface area contributed by atoms with E-state index in [1.165, 1.54) is 48.8 Å². The van der Waals surface area contributed by atoms with E-state index in [1.54, 1.807) is 12.1 Å². The highest BCUT2D eigenvalue weighted by Crippen LogP contribution is 2.34. The number of thioether (sulfide) groups is 1. The van der Waals surface area contributed by atoms with Crippen LogP contribution in [-0.4, -0.2) is 52.4 Å². The Kier molecular flexibility index (Phi) is 10.9. The van der Waals surface area contributed by atoms with Gasteiger partial charge in [0.1, 0.15) is 12.6 Å². The van der Waals surface area contributed by atoms with E-state index in [9.17, 15) is 24.6 Å². The molecule has 7 nitrogen and oxygen atoms in total. The zero-order chi connectivity index (χ0) is 22.6. The highest BCUT2D eigenvalue weighted by Gasteiger charge is 2.34. The lowest BCUT2D eigenvalue weighted by atomic mass is 10.0. The zero-order valence-corrected chi connectivity index (χ0v) is 19.0. The molecule has 0 bridgehead atoms. The van der Waals surface area contributed by atoms with Gasteiger partial charge in [0.05, 0.1) is 11.7 Å². The fraction of sp³-hybridized carbons (Fsp3) is 0.609. The first-order valence-corrected chi connectivity index (χ1v) is 12.2. The SMILES string of the molecule is CCCCCCCCCCC(NC1CSc2ccccc2N(CC(=O)O)C1=O)C(=O)O. The molecule has 1 aliphatic rings. The lowest BCUT2D eigenvalue weighted by Crippen LogP contribution is -2.53. The van der Waals surface area contributed by atoms with Crippen LogP contribution in [0.25, 0.3) is 0 Å². The van der Waals surface area contributed by atoms with Crippen molar-refractivity contribution in [1.82, 2.24) is 5.32 Å². The van der Waals surface area contributed by atoms with Crippen LogP contribution in [0.5, 0.6) is 0 Å². The van der Waals surface area contributed by atoms with Crippen molar-refractivity contribution >= 4 is 35.3 Å². The molecule has 2 atom stereocenters. The molecule has 1 aliphatic heterocycles. The van der Waals surface area contributed by atoms with Gasteiger partial charge < -0.3 is 10.2 Å². The lowest BCUT2D eigenvalue weighted by molar-refractivity contribution is -0.140. The molecular formula is C23H34N2O5S. The first-order chi connectivity index (χ1) is 14.9. The Labute approximate surface area is 188 Å². The summed E-state index contributed by atoms with van der Waals surface area (Å²) >= 11 is 1.44. The fourth-order valence-corrected chi connectivity index (χ4v) is 4.86. The summed E-state index contributed by atoms with van der Waals surface area (Å²) in [7, 11) is 0. The molecule has 1 aromatic rings. The minimum absolute atomic E-state index is 0.354. The molecule has 0 radical (unpaired) electrons. The molecule has 0 aromatic heterocycles. The van der Waals surface area contributed by atoms with E-state index in [1.807, 2.05) is 12.1 Å². The average molecular weight is 451 g/mol. The standard InChI is InChI=1S/C23H34N2O5S/c1-2-3-4-5-6-7-8-9-12-17(23(29)30)24-18-16-31-20-14-11-10-13-19(20)25(22(18)28)15-21(26)27/h10-11,13-14,17-18,24H,2-9,12,15-16H2,1H3,(H,26,27)(H,29,30). The minimum Gasteiger partial charge on any atom is -0.480 e. The van der Waals surface area contributed by atoms with E-state index in [0.29, 0.717) is 17.9 Å². The second-order valence-corrected chi connectivity index (χ2v) is 9.03. The predicted molar refractivity (Wildman–Crippen MR) is 123 cm³/mol. The number of hydrogen-bond acceptors (Lipinski definition) is 5. The molecular weight excluding hydrogens is 416 g/mol. The quantitative estimate of drug-likeness (QED) is 0.366. The Morgan fingerprint density at radius 1 is 1.10 bits per heavy atom. The van der Waals surface area contributed by atoms with Crippen LogP contribution in [0.2, 0.25) is 0 Å². The maximum Gasteiger partial charge on any atom is 0.323 e. The summed E-state index contributed by atoms with van der Waals surface area (Å²) < 4.78 is 0. The molecule has 0 saturated carbocycles. The van der Waals surface area contributed by atoms with Crippen molar-refractivity contribution in [2.75, 3.05) is 17.2 Å².